The van der Waals surface area contributed by atoms with Gasteiger partial charge in [-0.1, -0.05) is 0 Å². The van der Waals surface area contributed by atoms with Crippen LogP contribution < -0.4 is 5.73 Å². The largest absolute Gasteiger partial charge is 0.367 e. The number of carbonyl (C=O) groups excluding carboxylic acids is 1. The fourth-order valence-electron chi connectivity index (χ4n) is 1.30. The Bertz CT molecular complexity index is 343. The molecule has 0 atom stereocenters. The third-order valence-corrected chi connectivity index (χ3v) is 2.34. The molecule has 1 heterocycles. The van der Waals surface area contributed by atoms with Crippen molar-refractivity contribution in [3.05, 3.63) is 6.33 Å². The van der Waals surface area contributed by atoms with Crippen molar-refractivity contribution in [1.82, 2.24) is 19.7 Å². The fraction of sp³-hybridized carbons (Fsp3) is 0.625. The van der Waals surface area contributed by atoms with Crippen LogP contribution in [0.2, 0.25) is 0 Å². The quantitative estimate of drug-likeness (QED) is 0.704. The molecule has 6 heteroatoms. The molecule has 0 saturated heterocycles. The number of carbonyl (C=O) groups is 1. The van der Waals surface area contributed by atoms with Crippen molar-refractivity contribution in [2.75, 3.05) is 12.8 Å². The monoisotopic (exact) mass is 195 g/mol. The summed E-state index contributed by atoms with van der Waals surface area (Å²) in [6.45, 7) is 0.219. The van der Waals surface area contributed by atoms with Crippen LogP contribution in [0.5, 0.6) is 0 Å². The highest BCUT2D eigenvalue weighted by atomic mass is 16.2. The molecule has 0 unspecified atom stereocenters. The number of hydrogen-bond donors (Lipinski definition) is 1. The van der Waals surface area contributed by atoms with Crippen LogP contribution in [-0.2, 0) is 11.3 Å². The molecule has 2 rings (SSSR count). The van der Waals surface area contributed by atoms with Gasteiger partial charge in [-0.2, -0.15) is 0 Å². The van der Waals surface area contributed by atoms with Crippen LogP contribution in [0.15, 0.2) is 6.33 Å². The summed E-state index contributed by atoms with van der Waals surface area (Å²) < 4.78 is 1.45. The Balaban J connectivity index is 1.93. The second-order valence-corrected chi connectivity index (χ2v) is 3.54. The molecular weight excluding hydrogens is 182 g/mol. The second-order valence-electron chi connectivity index (χ2n) is 3.54. The number of amides is 1. The second kappa shape index (κ2) is 3.28. The van der Waals surface area contributed by atoms with Gasteiger partial charge in [0.25, 0.3) is 0 Å². The lowest BCUT2D eigenvalue weighted by Gasteiger charge is -2.15. The Morgan fingerprint density at radius 3 is 3.00 bits per heavy atom. The molecular formula is C8H13N5O. The minimum atomic E-state index is 0.0531. The molecule has 1 aliphatic rings. The van der Waals surface area contributed by atoms with Crippen molar-refractivity contribution >= 4 is 11.9 Å². The summed E-state index contributed by atoms with van der Waals surface area (Å²) in [5, 5.41) is 3.85. The molecule has 0 aliphatic heterocycles. The molecule has 2 N–H and O–H groups in total. The highest BCUT2D eigenvalue weighted by molar-refractivity contribution is 5.76. The molecule has 6 nitrogen and oxygen atoms in total. The summed E-state index contributed by atoms with van der Waals surface area (Å²) in [5.41, 5.74) is 5.33. The SMILES string of the molecule is CN(C(=O)Cn1cnc(N)n1)C1CC1. The first-order chi connectivity index (χ1) is 6.66. The minimum Gasteiger partial charge on any atom is -0.367 e. The summed E-state index contributed by atoms with van der Waals surface area (Å²) in [6, 6.07) is 0.434. The van der Waals surface area contributed by atoms with Crippen LogP contribution in [0, 0.1) is 0 Å². The Hall–Kier alpha value is -1.59. The average Bonchev–Trinajstić information content (AvgIpc) is 2.91. The van der Waals surface area contributed by atoms with E-state index in [1.807, 2.05) is 7.05 Å². The van der Waals surface area contributed by atoms with Gasteiger partial charge in [0, 0.05) is 13.1 Å². The van der Waals surface area contributed by atoms with Crippen LogP contribution in [0.25, 0.3) is 0 Å². The fourth-order valence-corrected chi connectivity index (χ4v) is 1.30. The first-order valence-electron chi connectivity index (χ1n) is 4.57. The van der Waals surface area contributed by atoms with Gasteiger partial charge < -0.3 is 10.6 Å². The van der Waals surface area contributed by atoms with Gasteiger partial charge in [0.1, 0.15) is 12.9 Å². The van der Waals surface area contributed by atoms with Gasteiger partial charge in [-0.05, 0) is 12.8 Å². The molecule has 1 saturated carbocycles. The van der Waals surface area contributed by atoms with E-state index in [2.05, 4.69) is 10.1 Å². The van der Waals surface area contributed by atoms with E-state index in [9.17, 15) is 4.79 Å². The maximum atomic E-state index is 11.6. The number of nitrogens with zero attached hydrogens (tertiary/aromatic N) is 4. The predicted octanol–water partition coefficient (Wildman–Crippen LogP) is -0.519. The van der Waals surface area contributed by atoms with Crippen molar-refractivity contribution in [2.24, 2.45) is 0 Å². The van der Waals surface area contributed by atoms with Crippen molar-refractivity contribution in [3.63, 3.8) is 0 Å². The van der Waals surface area contributed by atoms with Gasteiger partial charge in [0.2, 0.25) is 11.9 Å². The number of nitrogens with two attached hydrogens (primary N) is 1. The predicted molar refractivity (Wildman–Crippen MR) is 50.2 cm³/mol. The highest BCUT2D eigenvalue weighted by Gasteiger charge is 2.29. The van der Waals surface area contributed by atoms with Gasteiger partial charge >= 0.3 is 0 Å². The minimum absolute atomic E-state index is 0.0531. The normalized spacial score (nSPS) is 15.5. The van der Waals surface area contributed by atoms with Gasteiger partial charge in [-0.15, -0.1) is 5.10 Å². The van der Waals surface area contributed by atoms with Crippen molar-refractivity contribution < 1.29 is 4.79 Å². The maximum Gasteiger partial charge on any atom is 0.244 e. The molecule has 0 aromatic carbocycles. The van der Waals surface area contributed by atoms with Crippen LogP contribution >= 0.6 is 0 Å². The number of likely N-dealkylation sites (N-methyl/N-ethyl adjacent to an activating group) is 1. The third kappa shape index (κ3) is 1.84. The zero-order chi connectivity index (χ0) is 10.1. The van der Waals surface area contributed by atoms with E-state index in [1.54, 1.807) is 4.90 Å². The number of anilines is 1. The first-order valence-corrected chi connectivity index (χ1v) is 4.57. The summed E-state index contributed by atoms with van der Waals surface area (Å²) in [4.78, 5) is 17.1. The molecule has 0 radical (unpaired) electrons. The molecule has 76 valence electrons. The van der Waals surface area contributed by atoms with Crippen molar-refractivity contribution in [1.29, 1.82) is 0 Å². The van der Waals surface area contributed by atoms with Crippen molar-refractivity contribution in [2.45, 2.75) is 25.4 Å². The molecule has 1 aromatic rings. The van der Waals surface area contributed by atoms with Crippen LogP contribution in [0.1, 0.15) is 12.8 Å². The van der Waals surface area contributed by atoms with E-state index in [0.29, 0.717) is 6.04 Å². The van der Waals surface area contributed by atoms with Crippen LogP contribution in [0.3, 0.4) is 0 Å². The lowest BCUT2D eigenvalue weighted by molar-refractivity contribution is -0.131. The summed E-state index contributed by atoms with van der Waals surface area (Å²) >= 11 is 0. The first kappa shape index (κ1) is 8.98. The topological polar surface area (TPSA) is 77.0 Å². The van der Waals surface area contributed by atoms with E-state index in [1.165, 1.54) is 11.0 Å². The smallest absolute Gasteiger partial charge is 0.244 e. The van der Waals surface area contributed by atoms with Crippen LogP contribution in [0.4, 0.5) is 5.95 Å². The molecule has 0 spiro atoms. The maximum absolute atomic E-state index is 11.6. The molecule has 1 fully saturated rings. The van der Waals surface area contributed by atoms with Gasteiger partial charge in [-0.3, -0.25) is 4.79 Å². The van der Waals surface area contributed by atoms with E-state index in [0.717, 1.165) is 12.8 Å². The number of nitrogen functional groups attached to an aromatic ring is 1. The highest BCUT2D eigenvalue weighted by Crippen LogP contribution is 2.25. The Kier molecular flexibility index (Phi) is 2.11. The zero-order valence-corrected chi connectivity index (χ0v) is 8.05. The Morgan fingerprint density at radius 2 is 2.50 bits per heavy atom. The van der Waals surface area contributed by atoms with Gasteiger partial charge in [-0.25, -0.2) is 9.67 Å². The summed E-state index contributed by atoms with van der Waals surface area (Å²) in [6.07, 6.45) is 3.69. The molecule has 14 heavy (non-hydrogen) atoms. The standard InChI is InChI=1S/C8H13N5O/c1-12(6-2-3-6)7(14)4-13-5-10-8(9)11-13/h5-6H,2-4H2,1H3,(H2,9,11). The summed E-state index contributed by atoms with van der Waals surface area (Å²) in [7, 11) is 1.82. The zero-order valence-electron chi connectivity index (χ0n) is 8.05. The Labute approximate surface area is 81.7 Å². The van der Waals surface area contributed by atoms with Crippen molar-refractivity contribution in [3.8, 4) is 0 Å². The molecule has 1 aromatic heterocycles. The molecule has 0 bridgehead atoms. The third-order valence-electron chi connectivity index (χ3n) is 2.34. The van der Waals surface area contributed by atoms with Gasteiger partial charge in [0.15, 0.2) is 0 Å². The number of rotatable bonds is 3. The van der Waals surface area contributed by atoms with Gasteiger partial charge in [0.05, 0.1) is 0 Å². The lowest BCUT2D eigenvalue weighted by Crippen LogP contribution is -2.32. The number of hydrogen-bond acceptors (Lipinski definition) is 4. The van der Waals surface area contributed by atoms with E-state index >= 15 is 0 Å². The van der Waals surface area contributed by atoms with Crippen LogP contribution in [-0.4, -0.2) is 38.7 Å². The number of aromatic nitrogens is 3. The van der Waals surface area contributed by atoms with E-state index in [4.69, 9.17) is 5.73 Å². The Morgan fingerprint density at radius 1 is 1.79 bits per heavy atom. The molecule has 1 aliphatic carbocycles. The van der Waals surface area contributed by atoms with E-state index in [-0.39, 0.29) is 18.4 Å². The molecule has 1 amide bonds. The lowest BCUT2D eigenvalue weighted by atomic mass is 10.5. The van der Waals surface area contributed by atoms with E-state index < -0.39 is 0 Å². The average molecular weight is 195 g/mol. The summed E-state index contributed by atoms with van der Waals surface area (Å²) in [5.74, 6) is 0.254.